The molecule has 1 heterocycles. The lowest BCUT2D eigenvalue weighted by Crippen LogP contribution is -2.14. The van der Waals surface area contributed by atoms with E-state index in [-0.39, 0.29) is 16.9 Å². The smallest absolute Gasteiger partial charge is 0.250 e. The number of primary amides is 1. The predicted molar refractivity (Wildman–Crippen MR) is 45.1 cm³/mol. The fourth-order valence-electron chi connectivity index (χ4n) is 1.02. The Bertz CT molecular complexity index is 349. The molecule has 0 spiro atoms. The summed E-state index contributed by atoms with van der Waals surface area (Å²) in [6.45, 7) is 1.13. The van der Waals surface area contributed by atoms with Crippen LogP contribution in [0.4, 0.5) is 0 Å². The Morgan fingerprint density at radius 3 is 2.77 bits per heavy atom. The van der Waals surface area contributed by atoms with Crippen molar-refractivity contribution in [1.82, 2.24) is 4.98 Å². The van der Waals surface area contributed by atoms with Crippen LogP contribution in [0.1, 0.15) is 21.6 Å². The van der Waals surface area contributed by atoms with Crippen molar-refractivity contribution < 1.29 is 15.0 Å². The number of aliphatic hydroxyl groups is 1. The Morgan fingerprint density at radius 1 is 1.69 bits per heavy atom. The van der Waals surface area contributed by atoms with Crippen LogP contribution in [0.2, 0.25) is 0 Å². The lowest BCUT2D eigenvalue weighted by atomic mass is 10.1. The van der Waals surface area contributed by atoms with E-state index in [1.807, 2.05) is 0 Å². The number of carbonyl (C=O) groups excluding carboxylic acids is 1. The lowest BCUT2D eigenvalue weighted by molar-refractivity contribution is 0.0996. The molecule has 0 fully saturated rings. The average molecular weight is 182 g/mol. The van der Waals surface area contributed by atoms with Gasteiger partial charge in [-0.15, -0.1) is 0 Å². The van der Waals surface area contributed by atoms with E-state index in [9.17, 15) is 9.90 Å². The standard InChI is InChI=1S/C8H10N2O3/c1-4-7(12)6(3-11)5(2-10-4)8(9)13/h2,11-12H,3H2,1H3,(H2,9,13). The molecule has 0 saturated heterocycles. The van der Waals surface area contributed by atoms with Gasteiger partial charge in [0.25, 0.3) is 5.91 Å². The van der Waals surface area contributed by atoms with Gasteiger partial charge in [-0.05, 0) is 6.92 Å². The summed E-state index contributed by atoms with van der Waals surface area (Å²) in [4.78, 5) is 14.6. The zero-order valence-electron chi connectivity index (χ0n) is 7.11. The van der Waals surface area contributed by atoms with Gasteiger partial charge in [0.2, 0.25) is 0 Å². The molecule has 0 radical (unpaired) electrons. The molecule has 0 aromatic carbocycles. The Hall–Kier alpha value is -1.62. The van der Waals surface area contributed by atoms with Crippen LogP contribution in [0.5, 0.6) is 5.75 Å². The third-order valence-corrected chi connectivity index (χ3v) is 1.76. The number of aromatic hydroxyl groups is 1. The number of pyridine rings is 1. The molecule has 0 unspecified atom stereocenters. The summed E-state index contributed by atoms with van der Waals surface area (Å²) in [5, 5.41) is 18.3. The molecule has 0 aliphatic rings. The van der Waals surface area contributed by atoms with Crippen molar-refractivity contribution in [3.8, 4) is 5.75 Å². The van der Waals surface area contributed by atoms with Crippen molar-refractivity contribution in [1.29, 1.82) is 0 Å². The molecule has 0 bridgehead atoms. The van der Waals surface area contributed by atoms with Gasteiger partial charge in [-0.2, -0.15) is 0 Å². The van der Waals surface area contributed by atoms with Gasteiger partial charge in [-0.1, -0.05) is 0 Å². The van der Waals surface area contributed by atoms with Crippen LogP contribution >= 0.6 is 0 Å². The van der Waals surface area contributed by atoms with Crippen LogP contribution in [-0.4, -0.2) is 21.1 Å². The summed E-state index contributed by atoms with van der Waals surface area (Å²) < 4.78 is 0. The molecule has 1 rings (SSSR count). The molecule has 1 aromatic rings. The highest BCUT2D eigenvalue weighted by Gasteiger charge is 2.14. The predicted octanol–water partition coefficient (Wildman–Crippen LogP) is -0.313. The molecular formula is C8H10N2O3. The summed E-state index contributed by atoms with van der Waals surface area (Å²) in [5.74, 6) is -0.898. The number of aliphatic hydroxyl groups excluding tert-OH is 1. The van der Waals surface area contributed by atoms with Gasteiger partial charge >= 0.3 is 0 Å². The second-order valence-electron chi connectivity index (χ2n) is 2.61. The minimum atomic E-state index is -0.716. The highest BCUT2D eigenvalue weighted by molar-refractivity contribution is 5.94. The van der Waals surface area contributed by atoms with Crippen molar-refractivity contribution in [3.05, 3.63) is 23.0 Å². The summed E-state index contributed by atoms with van der Waals surface area (Å²) in [6.07, 6.45) is 1.24. The Kier molecular flexibility index (Phi) is 2.48. The monoisotopic (exact) mass is 182 g/mol. The van der Waals surface area contributed by atoms with Gasteiger partial charge in [-0.25, -0.2) is 0 Å². The molecule has 13 heavy (non-hydrogen) atoms. The molecule has 5 heteroatoms. The van der Waals surface area contributed by atoms with E-state index in [1.54, 1.807) is 6.92 Å². The molecule has 0 saturated carbocycles. The van der Waals surface area contributed by atoms with Gasteiger partial charge in [0.1, 0.15) is 5.75 Å². The zero-order chi connectivity index (χ0) is 10.0. The number of amides is 1. The van der Waals surface area contributed by atoms with Crippen molar-refractivity contribution in [2.24, 2.45) is 5.73 Å². The number of carbonyl (C=O) groups is 1. The maximum atomic E-state index is 10.8. The molecule has 0 atom stereocenters. The van der Waals surface area contributed by atoms with Crippen LogP contribution in [0.15, 0.2) is 6.20 Å². The third-order valence-electron chi connectivity index (χ3n) is 1.76. The van der Waals surface area contributed by atoms with Gasteiger partial charge in [0.15, 0.2) is 0 Å². The molecule has 70 valence electrons. The first-order valence-electron chi connectivity index (χ1n) is 3.66. The maximum absolute atomic E-state index is 10.8. The Balaban J connectivity index is 3.38. The second-order valence-corrected chi connectivity index (χ2v) is 2.61. The number of hydrogen-bond donors (Lipinski definition) is 3. The van der Waals surface area contributed by atoms with Crippen LogP contribution in [0.3, 0.4) is 0 Å². The van der Waals surface area contributed by atoms with Crippen LogP contribution in [0.25, 0.3) is 0 Å². The van der Waals surface area contributed by atoms with Crippen molar-refractivity contribution in [2.45, 2.75) is 13.5 Å². The number of nitrogens with zero attached hydrogens (tertiary/aromatic N) is 1. The van der Waals surface area contributed by atoms with E-state index in [0.29, 0.717) is 5.69 Å². The molecule has 0 aliphatic carbocycles. The normalized spacial score (nSPS) is 10.0. The molecule has 5 nitrogen and oxygen atoms in total. The average Bonchev–Trinajstić information content (AvgIpc) is 2.09. The van der Waals surface area contributed by atoms with Gasteiger partial charge < -0.3 is 15.9 Å². The van der Waals surface area contributed by atoms with Gasteiger partial charge in [-0.3, -0.25) is 9.78 Å². The third kappa shape index (κ3) is 1.59. The van der Waals surface area contributed by atoms with Crippen molar-refractivity contribution >= 4 is 5.91 Å². The first-order valence-corrected chi connectivity index (χ1v) is 3.66. The largest absolute Gasteiger partial charge is 0.506 e. The fourth-order valence-corrected chi connectivity index (χ4v) is 1.02. The van der Waals surface area contributed by atoms with E-state index < -0.39 is 12.5 Å². The van der Waals surface area contributed by atoms with Gasteiger partial charge in [0, 0.05) is 11.8 Å². The summed E-state index contributed by atoms with van der Waals surface area (Å²) in [7, 11) is 0. The summed E-state index contributed by atoms with van der Waals surface area (Å²) in [6, 6.07) is 0. The van der Waals surface area contributed by atoms with Gasteiger partial charge in [0.05, 0.1) is 17.9 Å². The van der Waals surface area contributed by atoms with Crippen molar-refractivity contribution in [2.75, 3.05) is 0 Å². The molecule has 4 N–H and O–H groups in total. The topological polar surface area (TPSA) is 96.4 Å². The van der Waals surface area contributed by atoms with E-state index in [0.717, 1.165) is 0 Å². The second kappa shape index (κ2) is 3.40. The SMILES string of the molecule is Cc1ncc(C(N)=O)c(CO)c1O. The first kappa shape index (κ1) is 9.47. The minimum absolute atomic E-state index is 0.0469. The quantitative estimate of drug-likeness (QED) is 0.584. The van der Waals surface area contributed by atoms with Crippen LogP contribution in [-0.2, 0) is 6.61 Å². The number of aromatic nitrogens is 1. The fraction of sp³-hybridized carbons (Fsp3) is 0.250. The molecule has 1 aromatic heterocycles. The van der Waals surface area contributed by atoms with E-state index in [4.69, 9.17) is 10.8 Å². The summed E-state index contributed by atoms with van der Waals surface area (Å²) in [5.41, 5.74) is 5.54. The highest BCUT2D eigenvalue weighted by atomic mass is 16.3. The van der Waals surface area contributed by atoms with Crippen LogP contribution in [0, 0.1) is 6.92 Å². The molecule has 0 aliphatic heterocycles. The van der Waals surface area contributed by atoms with E-state index in [2.05, 4.69) is 4.98 Å². The summed E-state index contributed by atoms with van der Waals surface area (Å²) >= 11 is 0. The first-order chi connectivity index (χ1) is 6.07. The zero-order valence-corrected chi connectivity index (χ0v) is 7.11. The Labute approximate surface area is 74.8 Å². The highest BCUT2D eigenvalue weighted by Crippen LogP contribution is 2.22. The number of rotatable bonds is 2. The lowest BCUT2D eigenvalue weighted by Gasteiger charge is -2.07. The number of hydrogen-bond acceptors (Lipinski definition) is 4. The number of aryl methyl sites for hydroxylation is 1. The minimum Gasteiger partial charge on any atom is -0.506 e. The maximum Gasteiger partial charge on any atom is 0.250 e. The molecule has 1 amide bonds. The molecular weight excluding hydrogens is 172 g/mol. The van der Waals surface area contributed by atoms with E-state index in [1.165, 1.54) is 6.20 Å². The van der Waals surface area contributed by atoms with Crippen molar-refractivity contribution in [3.63, 3.8) is 0 Å². The Morgan fingerprint density at radius 2 is 2.31 bits per heavy atom. The van der Waals surface area contributed by atoms with E-state index >= 15 is 0 Å². The van der Waals surface area contributed by atoms with Crippen LogP contribution < -0.4 is 5.73 Å². The number of nitrogens with two attached hydrogens (primary N) is 1.